The summed E-state index contributed by atoms with van der Waals surface area (Å²) in [5.41, 5.74) is 1.92. The molecule has 4 atom stereocenters. The molecule has 2 N–H and O–H groups in total. The molecule has 2 unspecified atom stereocenters. The molecule has 2 saturated carbocycles. The van der Waals surface area contributed by atoms with Crippen LogP contribution in [0.1, 0.15) is 51.6 Å². The van der Waals surface area contributed by atoms with E-state index in [9.17, 15) is 5.11 Å². The predicted molar refractivity (Wildman–Crippen MR) is 82.4 cm³/mol. The molecule has 20 heavy (non-hydrogen) atoms. The fourth-order valence-corrected chi connectivity index (χ4v) is 4.86. The number of aliphatic hydroxyl groups is 1. The van der Waals surface area contributed by atoms with Crippen LogP contribution in [0.25, 0.3) is 0 Å². The van der Waals surface area contributed by atoms with Gasteiger partial charge in [-0.15, -0.1) is 0 Å². The van der Waals surface area contributed by atoms with Crippen LogP contribution in [-0.4, -0.2) is 17.8 Å². The molecule has 0 amide bonds. The highest BCUT2D eigenvalue weighted by molar-refractivity contribution is 5.21. The van der Waals surface area contributed by atoms with Gasteiger partial charge in [-0.05, 0) is 41.6 Å². The van der Waals surface area contributed by atoms with Gasteiger partial charge in [0.25, 0.3) is 0 Å². The molecule has 2 nitrogen and oxygen atoms in total. The average molecular weight is 273 g/mol. The molecule has 0 radical (unpaired) electrons. The van der Waals surface area contributed by atoms with Crippen LogP contribution in [0, 0.1) is 16.7 Å². The smallest absolute Gasteiger partial charge is 0.0626 e. The highest BCUT2D eigenvalue weighted by atomic mass is 16.3. The van der Waals surface area contributed by atoms with Crippen molar-refractivity contribution in [2.24, 2.45) is 16.7 Å². The molecule has 2 aliphatic rings. The molecule has 0 spiro atoms. The van der Waals surface area contributed by atoms with Gasteiger partial charge in [-0.3, -0.25) is 0 Å². The van der Waals surface area contributed by atoms with Crippen molar-refractivity contribution < 1.29 is 5.11 Å². The molecule has 3 rings (SSSR count). The van der Waals surface area contributed by atoms with Crippen LogP contribution in [0.5, 0.6) is 0 Å². The van der Waals surface area contributed by atoms with Crippen molar-refractivity contribution in [1.82, 2.24) is 5.32 Å². The van der Waals surface area contributed by atoms with E-state index in [1.165, 1.54) is 24.8 Å². The van der Waals surface area contributed by atoms with E-state index in [4.69, 9.17) is 0 Å². The van der Waals surface area contributed by atoms with E-state index >= 15 is 0 Å². The minimum absolute atomic E-state index is 0.0525. The zero-order valence-corrected chi connectivity index (χ0v) is 12.9. The first kappa shape index (κ1) is 14.1. The van der Waals surface area contributed by atoms with Crippen LogP contribution >= 0.6 is 0 Å². The normalized spacial score (nSPS) is 36.2. The fourth-order valence-electron chi connectivity index (χ4n) is 4.86. The molecule has 1 aromatic carbocycles. The van der Waals surface area contributed by atoms with Gasteiger partial charge in [0.15, 0.2) is 0 Å². The van der Waals surface area contributed by atoms with Crippen LogP contribution in [0.15, 0.2) is 30.3 Å². The highest BCUT2D eigenvalue weighted by Gasteiger charge is 2.59. The van der Waals surface area contributed by atoms with E-state index in [-0.39, 0.29) is 12.6 Å². The summed E-state index contributed by atoms with van der Waals surface area (Å²) in [7, 11) is 0. The topological polar surface area (TPSA) is 32.3 Å². The Morgan fingerprint density at radius 2 is 1.95 bits per heavy atom. The molecule has 0 saturated heterocycles. The molecule has 1 aromatic rings. The molecule has 0 aromatic heterocycles. The van der Waals surface area contributed by atoms with Gasteiger partial charge >= 0.3 is 0 Å². The highest BCUT2D eigenvalue weighted by Crippen LogP contribution is 2.62. The maximum absolute atomic E-state index is 9.80. The molecule has 0 heterocycles. The van der Waals surface area contributed by atoms with E-state index < -0.39 is 0 Å². The van der Waals surface area contributed by atoms with Crippen LogP contribution in [-0.2, 0) is 0 Å². The van der Waals surface area contributed by atoms with Gasteiger partial charge in [-0.1, -0.05) is 51.1 Å². The van der Waals surface area contributed by atoms with Gasteiger partial charge in [0, 0.05) is 6.04 Å². The summed E-state index contributed by atoms with van der Waals surface area (Å²) in [5.74, 6) is 0.833. The molecule has 2 bridgehead atoms. The Kier molecular flexibility index (Phi) is 3.42. The molecular weight excluding hydrogens is 246 g/mol. The minimum atomic E-state index is 0.0525. The Bertz CT molecular complexity index is 465. The first-order valence-corrected chi connectivity index (χ1v) is 7.89. The van der Waals surface area contributed by atoms with E-state index in [1.54, 1.807) is 0 Å². The Morgan fingerprint density at radius 3 is 2.50 bits per heavy atom. The van der Waals surface area contributed by atoms with E-state index in [0.29, 0.717) is 16.9 Å². The number of hydrogen-bond acceptors (Lipinski definition) is 2. The Balaban J connectivity index is 1.83. The van der Waals surface area contributed by atoms with Gasteiger partial charge in [0.2, 0.25) is 0 Å². The fraction of sp³-hybridized carbons (Fsp3) is 0.667. The average Bonchev–Trinajstić information content (AvgIpc) is 2.91. The third-order valence-electron chi connectivity index (χ3n) is 6.02. The summed E-state index contributed by atoms with van der Waals surface area (Å²) in [6.07, 6.45) is 4.03. The predicted octanol–water partition coefficient (Wildman–Crippen LogP) is 3.52. The Hall–Kier alpha value is -0.860. The number of nitrogens with one attached hydrogen (secondary N) is 1. The monoisotopic (exact) mass is 273 g/mol. The number of aliphatic hydroxyl groups excluding tert-OH is 1. The second-order valence-electron chi connectivity index (χ2n) is 7.66. The van der Waals surface area contributed by atoms with Gasteiger partial charge in [-0.25, -0.2) is 0 Å². The molecule has 2 aliphatic carbocycles. The van der Waals surface area contributed by atoms with Gasteiger partial charge in [-0.2, -0.15) is 0 Å². The summed E-state index contributed by atoms with van der Waals surface area (Å²) in [4.78, 5) is 0. The number of fused-ring (bicyclic) bond motifs is 2. The Morgan fingerprint density at radius 1 is 1.25 bits per heavy atom. The van der Waals surface area contributed by atoms with E-state index in [2.05, 4.69) is 38.2 Å². The van der Waals surface area contributed by atoms with Crippen molar-refractivity contribution in [2.45, 2.75) is 52.1 Å². The summed E-state index contributed by atoms with van der Waals surface area (Å²) in [5, 5.41) is 13.6. The van der Waals surface area contributed by atoms with Gasteiger partial charge in [0.05, 0.1) is 12.6 Å². The first-order chi connectivity index (χ1) is 9.47. The lowest BCUT2D eigenvalue weighted by atomic mass is 9.68. The SMILES string of the molecule is CC1(C)C(NC(CO)c2ccccc2)[C@]2(C)CC[C@H]1C2. The van der Waals surface area contributed by atoms with Gasteiger partial charge in [0.1, 0.15) is 0 Å². The Labute approximate surface area is 122 Å². The van der Waals surface area contributed by atoms with Crippen molar-refractivity contribution in [1.29, 1.82) is 0 Å². The summed E-state index contributed by atoms with van der Waals surface area (Å²) >= 11 is 0. The molecular formula is C18H27NO. The van der Waals surface area contributed by atoms with E-state index in [0.717, 1.165) is 5.92 Å². The largest absolute Gasteiger partial charge is 0.394 e. The quantitative estimate of drug-likeness (QED) is 0.879. The zero-order valence-electron chi connectivity index (χ0n) is 12.9. The maximum atomic E-state index is 9.80. The van der Waals surface area contributed by atoms with Crippen molar-refractivity contribution in [3.8, 4) is 0 Å². The zero-order chi connectivity index (χ0) is 14.4. The molecule has 110 valence electrons. The first-order valence-electron chi connectivity index (χ1n) is 7.89. The van der Waals surface area contributed by atoms with Crippen LogP contribution in [0.2, 0.25) is 0 Å². The lowest BCUT2D eigenvalue weighted by Crippen LogP contribution is -2.52. The molecule has 0 aliphatic heterocycles. The van der Waals surface area contributed by atoms with Crippen molar-refractivity contribution >= 4 is 0 Å². The second kappa shape index (κ2) is 4.85. The second-order valence-corrected chi connectivity index (χ2v) is 7.66. The lowest BCUT2D eigenvalue weighted by molar-refractivity contribution is 0.0867. The minimum Gasteiger partial charge on any atom is -0.394 e. The summed E-state index contributed by atoms with van der Waals surface area (Å²) in [6, 6.07) is 10.9. The molecule has 2 heteroatoms. The van der Waals surface area contributed by atoms with Crippen molar-refractivity contribution in [3.05, 3.63) is 35.9 Å². The number of rotatable bonds is 4. The standard InChI is InChI=1S/C18H27NO/c1-17(2)14-9-10-18(3,11-14)16(17)19-15(12-20)13-7-5-4-6-8-13/h4-8,14-16,19-20H,9-12H2,1-3H3/t14-,15?,16?,18+/m0/s1. The molecule has 2 fully saturated rings. The van der Waals surface area contributed by atoms with Crippen molar-refractivity contribution in [3.63, 3.8) is 0 Å². The van der Waals surface area contributed by atoms with Gasteiger partial charge < -0.3 is 10.4 Å². The van der Waals surface area contributed by atoms with Crippen molar-refractivity contribution in [2.75, 3.05) is 6.61 Å². The third kappa shape index (κ3) is 2.10. The lowest BCUT2D eigenvalue weighted by Gasteiger charge is -2.45. The maximum Gasteiger partial charge on any atom is 0.0626 e. The van der Waals surface area contributed by atoms with Crippen LogP contribution in [0.4, 0.5) is 0 Å². The van der Waals surface area contributed by atoms with Crippen LogP contribution < -0.4 is 5.32 Å². The summed E-state index contributed by atoms with van der Waals surface area (Å²) in [6.45, 7) is 7.40. The number of benzene rings is 1. The third-order valence-corrected chi connectivity index (χ3v) is 6.02. The summed E-state index contributed by atoms with van der Waals surface area (Å²) < 4.78 is 0. The number of hydrogen-bond donors (Lipinski definition) is 2. The van der Waals surface area contributed by atoms with Crippen LogP contribution in [0.3, 0.4) is 0 Å². The van der Waals surface area contributed by atoms with E-state index in [1.807, 2.05) is 18.2 Å².